The molecule has 1 aromatic carbocycles. The van der Waals surface area contributed by atoms with E-state index in [1.54, 1.807) is 54.7 Å². The molecular weight excluding hydrogens is 391 g/mol. The number of halogens is 2. The topological polar surface area (TPSA) is 76.2 Å². The van der Waals surface area contributed by atoms with Gasteiger partial charge in [-0.25, -0.2) is 0 Å². The van der Waals surface area contributed by atoms with Gasteiger partial charge in [0.1, 0.15) is 6.10 Å². The number of thiophene rings is 1. The number of rotatable bonds is 5. The molecular formula is C19H14Cl2N2O2S. The minimum Gasteiger partial charge on any atom is -0.397 e. The van der Waals surface area contributed by atoms with Crippen molar-refractivity contribution in [3.8, 4) is 0 Å². The number of hydrogen-bond acceptors (Lipinski definition) is 5. The van der Waals surface area contributed by atoms with Gasteiger partial charge in [-0.2, -0.15) is 0 Å². The second-order valence-corrected chi connectivity index (χ2v) is 7.61. The SMILES string of the molecule is NC(=C(C(=O)c1ccc(Cl)cc1)C(O)c1cccnc1)c1ccc(Cl)s1. The lowest BCUT2D eigenvalue weighted by Gasteiger charge is -2.17. The van der Waals surface area contributed by atoms with E-state index in [-0.39, 0.29) is 17.1 Å². The highest BCUT2D eigenvalue weighted by Gasteiger charge is 2.26. The largest absolute Gasteiger partial charge is 0.397 e. The number of aromatic nitrogens is 1. The molecule has 0 aliphatic rings. The van der Waals surface area contributed by atoms with E-state index in [1.165, 1.54) is 17.5 Å². The Morgan fingerprint density at radius 3 is 2.42 bits per heavy atom. The van der Waals surface area contributed by atoms with Gasteiger partial charge >= 0.3 is 0 Å². The number of aliphatic hydroxyl groups is 1. The van der Waals surface area contributed by atoms with Gasteiger partial charge in [0.15, 0.2) is 5.78 Å². The Morgan fingerprint density at radius 1 is 1.12 bits per heavy atom. The number of Topliss-reactive ketones (excluding diaryl/α,β-unsaturated/α-hetero) is 1. The molecule has 0 bridgehead atoms. The van der Waals surface area contributed by atoms with E-state index in [0.29, 0.717) is 25.4 Å². The lowest BCUT2D eigenvalue weighted by Crippen LogP contribution is -2.17. The van der Waals surface area contributed by atoms with Crippen LogP contribution in [0.1, 0.15) is 26.9 Å². The lowest BCUT2D eigenvalue weighted by molar-refractivity contribution is 0.0988. The van der Waals surface area contributed by atoms with Crippen molar-refractivity contribution >= 4 is 46.0 Å². The van der Waals surface area contributed by atoms with Crippen molar-refractivity contribution in [1.82, 2.24) is 4.98 Å². The van der Waals surface area contributed by atoms with E-state index in [1.807, 2.05) is 0 Å². The average Bonchev–Trinajstić information content (AvgIpc) is 3.09. The number of nitrogens with two attached hydrogens (primary N) is 1. The normalized spacial score (nSPS) is 13.2. The fourth-order valence-electron chi connectivity index (χ4n) is 2.45. The number of carbonyl (C=O) groups excluding carboxylic acids is 1. The van der Waals surface area contributed by atoms with Gasteiger partial charge in [-0.05, 0) is 42.5 Å². The molecule has 0 aliphatic heterocycles. The molecule has 2 heterocycles. The molecule has 0 spiro atoms. The third kappa shape index (κ3) is 3.97. The minimum absolute atomic E-state index is 0.0684. The van der Waals surface area contributed by atoms with E-state index >= 15 is 0 Å². The molecule has 26 heavy (non-hydrogen) atoms. The quantitative estimate of drug-likeness (QED) is 0.475. The Morgan fingerprint density at radius 2 is 1.85 bits per heavy atom. The van der Waals surface area contributed by atoms with E-state index in [0.717, 1.165) is 0 Å². The fourth-order valence-corrected chi connectivity index (χ4v) is 3.59. The molecule has 0 radical (unpaired) electrons. The van der Waals surface area contributed by atoms with Gasteiger partial charge < -0.3 is 10.8 Å². The molecule has 132 valence electrons. The smallest absolute Gasteiger partial charge is 0.194 e. The molecule has 3 aromatic rings. The number of pyridine rings is 1. The maximum Gasteiger partial charge on any atom is 0.194 e. The van der Waals surface area contributed by atoms with Gasteiger partial charge in [-0.3, -0.25) is 9.78 Å². The van der Waals surface area contributed by atoms with Crippen molar-refractivity contribution in [2.45, 2.75) is 6.10 Å². The summed E-state index contributed by atoms with van der Waals surface area (Å²) in [6, 6.07) is 13.2. The van der Waals surface area contributed by atoms with Crippen molar-refractivity contribution < 1.29 is 9.90 Å². The Bertz CT molecular complexity index is 953. The summed E-state index contributed by atoms with van der Waals surface area (Å²) in [6.45, 7) is 0. The monoisotopic (exact) mass is 404 g/mol. The summed E-state index contributed by atoms with van der Waals surface area (Å²) in [5, 5.41) is 11.4. The summed E-state index contributed by atoms with van der Waals surface area (Å²) in [6.07, 6.45) is 1.85. The zero-order chi connectivity index (χ0) is 18.7. The highest BCUT2D eigenvalue weighted by atomic mass is 35.5. The summed E-state index contributed by atoms with van der Waals surface area (Å²) in [5.41, 5.74) is 7.35. The van der Waals surface area contributed by atoms with Gasteiger partial charge in [0.05, 0.1) is 20.5 Å². The van der Waals surface area contributed by atoms with Crippen molar-refractivity contribution in [2.24, 2.45) is 5.73 Å². The summed E-state index contributed by atoms with van der Waals surface area (Å²) in [7, 11) is 0. The highest BCUT2D eigenvalue weighted by Crippen LogP contribution is 2.33. The standard InChI is InChI=1S/C19H14Cl2N2O2S/c20-13-5-3-11(4-6-13)18(24)16(17(22)14-7-8-15(21)26-14)19(25)12-2-1-9-23-10-12/h1-10,19,25H,22H2. The van der Waals surface area contributed by atoms with E-state index in [4.69, 9.17) is 28.9 Å². The second kappa shape index (κ2) is 8.01. The third-order valence-electron chi connectivity index (χ3n) is 3.75. The molecule has 4 nitrogen and oxygen atoms in total. The van der Waals surface area contributed by atoms with Gasteiger partial charge in [0.2, 0.25) is 0 Å². The van der Waals surface area contributed by atoms with Crippen LogP contribution in [-0.2, 0) is 0 Å². The molecule has 3 rings (SSSR count). The number of ketones is 1. The Hall–Kier alpha value is -2.18. The molecule has 1 atom stereocenters. The van der Waals surface area contributed by atoms with Crippen LogP contribution in [0, 0.1) is 0 Å². The van der Waals surface area contributed by atoms with Gasteiger partial charge in [-0.1, -0.05) is 29.3 Å². The number of nitrogens with zero attached hydrogens (tertiary/aromatic N) is 1. The summed E-state index contributed by atoms with van der Waals surface area (Å²) >= 11 is 13.1. The zero-order valence-corrected chi connectivity index (χ0v) is 15.7. The number of aliphatic hydroxyl groups excluding tert-OH is 1. The van der Waals surface area contributed by atoms with Crippen LogP contribution in [0.3, 0.4) is 0 Å². The van der Waals surface area contributed by atoms with Crippen LogP contribution < -0.4 is 5.73 Å². The Balaban J connectivity index is 2.12. The Labute approximate surface area is 164 Å². The van der Waals surface area contributed by atoms with Gasteiger partial charge in [0, 0.05) is 28.5 Å². The first kappa shape index (κ1) is 18.6. The van der Waals surface area contributed by atoms with E-state index in [2.05, 4.69) is 4.98 Å². The lowest BCUT2D eigenvalue weighted by atomic mass is 9.93. The first-order chi connectivity index (χ1) is 12.5. The third-order valence-corrected chi connectivity index (χ3v) is 5.27. The van der Waals surface area contributed by atoms with Crippen LogP contribution in [0.5, 0.6) is 0 Å². The first-order valence-corrected chi connectivity index (χ1v) is 9.18. The van der Waals surface area contributed by atoms with Crippen LogP contribution in [-0.4, -0.2) is 15.9 Å². The summed E-state index contributed by atoms with van der Waals surface area (Å²) < 4.78 is 0.539. The minimum atomic E-state index is -1.23. The summed E-state index contributed by atoms with van der Waals surface area (Å²) in [4.78, 5) is 17.7. The second-order valence-electron chi connectivity index (χ2n) is 5.46. The van der Waals surface area contributed by atoms with Crippen molar-refractivity contribution in [1.29, 1.82) is 0 Å². The first-order valence-electron chi connectivity index (χ1n) is 7.61. The van der Waals surface area contributed by atoms with Gasteiger partial charge in [0.25, 0.3) is 0 Å². The van der Waals surface area contributed by atoms with E-state index < -0.39 is 6.10 Å². The number of benzene rings is 1. The molecule has 3 N–H and O–H groups in total. The molecule has 0 aliphatic carbocycles. The Kier molecular flexibility index (Phi) is 5.74. The zero-order valence-electron chi connectivity index (χ0n) is 13.4. The number of carbonyl (C=O) groups is 1. The van der Waals surface area contributed by atoms with Crippen LogP contribution in [0.15, 0.2) is 66.5 Å². The van der Waals surface area contributed by atoms with Crippen molar-refractivity contribution in [2.75, 3.05) is 0 Å². The van der Waals surface area contributed by atoms with E-state index in [9.17, 15) is 9.90 Å². The summed E-state index contributed by atoms with van der Waals surface area (Å²) in [5.74, 6) is -0.389. The number of hydrogen-bond donors (Lipinski definition) is 2. The van der Waals surface area contributed by atoms with Gasteiger partial charge in [-0.15, -0.1) is 11.3 Å². The molecule has 2 aromatic heterocycles. The molecule has 0 fully saturated rings. The van der Waals surface area contributed by atoms with Crippen LogP contribution in [0.2, 0.25) is 9.36 Å². The van der Waals surface area contributed by atoms with Crippen molar-refractivity contribution in [3.63, 3.8) is 0 Å². The van der Waals surface area contributed by atoms with Crippen LogP contribution >= 0.6 is 34.5 Å². The molecule has 0 amide bonds. The van der Waals surface area contributed by atoms with Crippen molar-refractivity contribution in [3.05, 3.63) is 91.9 Å². The molecule has 0 saturated carbocycles. The predicted octanol–water partition coefficient (Wildman–Crippen LogP) is 4.74. The maximum atomic E-state index is 13.1. The molecule has 0 saturated heterocycles. The maximum absolute atomic E-state index is 13.1. The average molecular weight is 405 g/mol. The molecule has 1 unspecified atom stereocenters. The van der Waals surface area contributed by atoms with Crippen LogP contribution in [0.4, 0.5) is 0 Å². The highest BCUT2D eigenvalue weighted by molar-refractivity contribution is 7.17. The van der Waals surface area contributed by atoms with Crippen LogP contribution in [0.25, 0.3) is 5.70 Å². The predicted molar refractivity (Wildman–Crippen MR) is 105 cm³/mol. The fraction of sp³-hybridized carbons (Fsp3) is 0.0526. The molecule has 7 heteroatoms.